The summed E-state index contributed by atoms with van der Waals surface area (Å²) in [7, 11) is 0. The molecule has 0 spiro atoms. The largest absolute Gasteiger partial charge is 0.353 e. The number of hydrogen-bond donors (Lipinski definition) is 1. The van der Waals surface area contributed by atoms with Crippen LogP contribution in [0.4, 0.5) is 0 Å². The smallest absolute Gasteiger partial charge is 0.256 e. The lowest BCUT2D eigenvalue weighted by atomic mass is 10.1. The topological polar surface area (TPSA) is 96.2 Å². The van der Waals surface area contributed by atoms with Crippen molar-refractivity contribution in [3.05, 3.63) is 36.2 Å². The fraction of sp³-hybridized carbons (Fsp3) is 0.471. The van der Waals surface area contributed by atoms with E-state index in [2.05, 4.69) is 25.7 Å². The molecule has 1 aromatic heterocycles. The third-order valence-electron chi connectivity index (χ3n) is 4.21. The number of piperazine rings is 1. The molecular weight excluding hydrogens is 334 g/mol. The van der Waals surface area contributed by atoms with Gasteiger partial charge in [-0.05, 0) is 36.4 Å². The highest BCUT2D eigenvalue weighted by molar-refractivity contribution is 5.97. The number of para-hydroxylation sites is 1. The van der Waals surface area contributed by atoms with Crippen molar-refractivity contribution in [2.45, 2.75) is 19.9 Å². The summed E-state index contributed by atoms with van der Waals surface area (Å²) in [6.07, 6.45) is 1.47. The summed E-state index contributed by atoms with van der Waals surface area (Å²) in [5, 5.41) is 14.0. The van der Waals surface area contributed by atoms with Gasteiger partial charge in [0.15, 0.2) is 0 Å². The Balaban J connectivity index is 1.62. The summed E-state index contributed by atoms with van der Waals surface area (Å²) >= 11 is 0. The van der Waals surface area contributed by atoms with Gasteiger partial charge in [0.1, 0.15) is 6.33 Å². The van der Waals surface area contributed by atoms with Gasteiger partial charge < -0.3 is 10.2 Å². The number of benzene rings is 1. The van der Waals surface area contributed by atoms with Gasteiger partial charge in [0.05, 0.1) is 17.8 Å². The van der Waals surface area contributed by atoms with Crippen LogP contribution in [0.2, 0.25) is 0 Å². The number of rotatable bonds is 5. The van der Waals surface area contributed by atoms with Gasteiger partial charge in [-0.15, -0.1) is 5.10 Å². The van der Waals surface area contributed by atoms with Crippen molar-refractivity contribution in [3.63, 3.8) is 0 Å². The molecule has 0 atom stereocenters. The van der Waals surface area contributed by atoms with E-state index in [0.717, 1.165) is 0 Å². The zero-order valence-electron chi connectivity index (χ0n) is 15.0. The molecule has 1 aliphatic rings. The molecule has 0 radical (unpaired) electrons. The molecule has 2 amide bonds. The lowest BCUT2D eigenvalue weighted by Gasteiger charge is -2.34. The normalized spacial score (nSPS) is 15.3. The SMILES string of the molecule is CC(C)NC(=O)CN1CCN(C(=O)c2ccccc2-n2cnnn2)CC1. The summed E-state index contributed by atoms with van der Waals surface area (Å²) in [5.41, 5.74) is 1.21. The van der Waals surface area contributed by atoms with Crippen molar-refractivity contribution in [1.29, 1.82) is 0 Å². The minimum atomic E-state index is -0.0534. The Bertz CT molecular complexity index is 752. The number of amides is 2. The molecule has 9 heteroatoms. The molecule has 0 bridgehead atoms. The van der Waals surface area contributed by atoms with Gasteiger partial charge in [0, 0.05) is 32.2 Å². The van der Waals surface area contributed by atoms with E-state index in [1.165, 1.54) is 11.0 Å². The Labute approximate surface area is 152 Å². The highest BCUT2D eigenvalue weighted by Crippen LogP contribution is 2.16. The first-order valence-electron chi connectivity index (χ1n) is 8.68. The highest BCUT2D eigenvalue weighted by Gasteiger charge is 2.25. The first-order valence-corrected chi connectivity index (χ1v) is 8.68. The standard InChI is InChI=1S/C17H23N7O2/c1-13(2)19-16(25)11-22-7-9-23(10-8-22)17(26)14-5-3-4-6-15(14)24-12-18-20-21-24/h3-6,12-13H,7-11H2,1-2H3,(H,19,25). The second kappa shape index (κ2) is 8.05. The van der Waals surface area contributed by atoms with Gasteiger partial charge in [-0.3, -0.25) is 14.5 Å². The number of nitrogens with zero attached hydrogens (tertiary/aromatic N) is 6. The van der Waals surface area contributed by atoms with Crippen LogP contribution in [-0.4, -0.2) is 80.6 Å². The molecule has 0 unspecified atom stereocenters. The average Bonchev–Trinajstić information content (AvgIpc) is 3.15. The number of nitrogens with one attached hydrogen (secondary N) is 1. The predicted molar refractivity (Wildman–Crippen MR) is 94.8 cm³/mol. The zero-order chi connectivity index (χ0) is 18.5. The molecule has 1 N–H and O–H groups in total. The van der Waals surface area contributed by atoms with Gasteiger partial charge >= 0.3 is 0 Å². The van der Waals surface area contributed by atoms with Crippen LogP contribution in [0.3, 0.4) is 0 Å². The van der Waals surface area contributed by atoms with Crippen molar-refractivity contribution in [2.24, 2.45) is 0 Å². The monoisotopic (exact) mass is 357 g/mol. The Morgan fingerprint density at radius 1 is 1.15 bits per heavy atom. The number of aromatic nitrogens is 4. The first kappa shape index (κ1) is 18.0. The maximum absolute atomic E-state index is 12.9. The van der Waals surface area contributed by atoms with Gasteiger partial charge in [-0.2, -0.15) is 4.68 Å². The highest BCUT2D eigenvalue weighted by atomic mass is 16.2. The summed E-state index contributed by atoms with van der Waals surface area (Å²) < 4.78 is 1.49. The Morgan fingerprint density at radius 2 is 1.88 bits per heavy atom. The molecule has 2 heterocycles. The molecule has 1 saturated heterocycles. The van der Waals surface area contributed by atoms with E-state index in [-0.39, 0.29) is 17.9 Å². The minimum Gasteiger partial charge on any atom is -0.353 e. The first-order chi connectivity index (χ1) is 12.5. The minimum absolute atomic E-state index is 0.0174. The number of carbonyl (C=O) groups is 2. The van der Waals surface area contributed by atoms with E-state index in [1.54, 1.807) is 11.0 Å². The molecule has 1 fully saturated rings. The number of tetrazole rings is 1. The molecule has 138 valence electrons. The molecule has 0 aliphatic carbocycles. The lowest BCUT2D eigenvalue weighted by Crippen LogP contribution is -2.51. The maximum atomic E-state index is 12.9. The van der Waals surface area contributed by atoms with E-state index >= 15 is 0 Å². The van der Waals surface area contributed by atoms with Crippen LogP contribution in [0.25, 0.3) is 5.69 Å². The molecule has 1 aromatic carbocycles. The van der Waals surface area contributed by atoms with Gasteiger partial charge in [0.25, 0.3) is 5.91 Å². The predicted octanol–water partition coefficient (Wildman–Crippen LogP) is -0.0553. The van der Waals surface area contributed by atoms with Gasteiger partial charge in [-0.1, -0.05) is 12.1 Å². The maximum Gasteiger partial charge on any atom is 0.256 e. The van der Waals surface area contributed by atoms with Crippen LogP contribution < -0.4 is 5.32 Å². The van der Waals surface area contributed by atoms with Crippen molar-refractivity contribution < 1.29 is 9.59 Å². The summed E-state index contributed by atoms with van der Waals surface area (Å²) in [5.74, 6) is -0.0359. The Kier molecular flexibility index (Phi) is 5.57. The van der Waals surface area contributed by atoms with Crippen molar-refractivity contribution in [1.82, 2.24) is 35.3 Å². The van der Waals surface area contributed by atoms with E-state index in [0.29, 0.717) is 44.0 Å². The molecule has 9 nitrogen and oxygen atoms in total. The van der Waals surface area contributed by atoms with Crippen LogP contribution in [0.15, 0.2) is 30.6 Å². The number of hydrogen-bond acceptors (Lipinski definition) is 6. The molecule has 0 saturated carbocycles. The fourth-order valence-corrected chi connectivity index (χ4v) is 2.98. The second-order valence-corrected chi connectivity index (χ2v) is 6.56. The van der Waals surface area contributed by atoms with Crippen molar-refractivity contribution >= 4 is 11.8 Å². The summed E-state index contributed by atoms with van der Waals surface area (Å²) in [6.45, 7) is 6.75. The summed E-state index contributed by atoms with van der Waals surface area (Å²) in [6, 6.07) is 7.40. The van der Waals surface area contributed by atoms with Crippen LogP contribution in [0, 0.1) is 0 Å². The van der Waals surface area contributed by atoms with E-state index in [9.17, 15) is 9.59 Å². The Morgan fingerprint density at radius 3 is 2.54 bits per heavy atom. The summed E-state index contributed by atoms with van der Waals surface area (Å²) in [4.78, 5) is 28.7. The molecule has 2 aromatic rings. The van der Waals surface area contributed by atoms with Crippen LogP contribution in [0.1, 0.15) is 24.2 Å². The van der Waals surface area contributed by atoms with E-state index in [1.807, 2.05) is 32.0 Å². The van der Waals surface area contributed by atoms with Crippen LogP contribution in [-0.2, 0) is 4.79 Å². The fourth-order valence-electron chi connectivity index (χ4n) is 2.98. The van der Waals surface area contributed by atoms with E-state index in [4.69, 9.17) is 0 Å². The van der Waals surface area contributed by atoms with Gasteiger partial charge in [0.2, 0.25) is 5.91 Å². The third-order valence-corrected chi connectivity index (χ3v) is 4.21. The van der Waals surface area contributed by atoms with E-state index < -0.39 is 0 Å². The third kappa shape index (κ3) is 4.23. The molecule has 3 rings (SSSR count). The number of carbonyl (C=O) groups excluding carboxylic acids is 2. The molecule has 1 aliphatic heterocycles. The molecule has 26 heavy (non-hydrogen) atoms. The van der Waals surface area contributed by atoms with Crippen LogP contribution >= 0.6 is 0 Å². The van der Waals surface area contributed by atoms with Gasteiger partial charge in [-0.25, -0.2) is 0 Å². The average molecular weight is 357 g/mol. The Hall–Kier alpha value is -2.81. The van der Waals surface area contributed by atoms with Crippen molar-refractivity contribution in [2.75, 3.05) is 32.7 Å². The van der Waals surface area contributed by atoms with Crippen LogP contribution in [0.5, 0.6) is 0 Å². The van der Waals surface area contributed by atoms with Crippen molar-refractivity contribution in [3.8, 4) is 5.69 Å². The quantitative estimate of drug-likeness (QED) is 0.806. The second-order valence-electron chi connectivity index (χ2n) is 6.56. The lowest BCUT2D eigenvalue weighted by molar-refractivity contribution is -0.123. The molecular formula is C17H23N7O2. The zero-order valence-corrected chi connectivity index (χ0v) is 15.0.